The molecule has 0 radical (unpaired) electrons. The van der Waals surface area contributed by atoms with E-state index in [1.54, 1.807) is 6.07 Å². The number of hydrogen-bond acceptors (Lipinski definition) is 5. The zero-order valence-corrected chi connectivity index (χ0v) is 24.1. The molecule has 7 heteroatoms. The highest BCUT2D eigenvalue weighted by molar-refractivity contribution is 7.10. The zero-order valence-electron chi connectivity index (χ0n) is 23.3. The fourth-order valence-corrected chi connectivity index (χ4v) is 6.18. The highest BCUT2D eigenvalue weighted by Gasteiger charge is 2.23. The second-order valence-corrected chi connectivity index (χ2v) is 12.7. The number of carboxylic acids is 1. The minimum atomic E-state index is -0.965. The first-order valence-corrected chi connectivity index (χ1v) is 14.8. The van der Waals surface area contributed by atoms with E-state index in [1.165, 1.54) is 29.7 Å². The van der Waals surface area contributed by atoms with Crippen LogP contribution in [0.5, 0.6) is 11.5 Å². The first kappa shape index (κ1) is 27.8. The maximum Gasteiger partial charge on any atom is 0.305 e. The van der Waals surface area contributed by atoms with E-state index in [1.807, 2.05) is 47.8 Å². The van der Waals surface area contributed by atoms with Crippen molar-refractivity contribution in [3.05, 3.63) is 87.9 Å². The van der Waals surface area contributed by atoms with Gasteiger partial charge in [0.2, 0.25) is 0 Å². The molecule has 0 saturated heterocycles. The Balaban J connectivity index is 1.44. The van der Waals surface area contributed by atoms with Crippen molar-refractivity contribution in [1.29, 1.82) is 0 Å². The lowest BCUT2D eigenvalue weighted by atomic mass is 9.87. The molecule has 1 fully saturated rings. The van der Waals surface area contributed by atoms with Gasteiger partial charge in [0.05, 0.1) is 12.5 Å². The molecule has 208 valence electrons. The van der Waals surface area contributed by atoms with Gasteiger partial charge in [-0.25, -0.2) is 4.98 Å². The number of carbonyl (C=O) groups excluding carboxylic acids is 1. The lowest BCUT2D eigenvalue weighted by Gasteiger charge is -2.19. The third-order valence-electron chi connectivity index (χ3n) is 7.60. The van der Waals surface area contributed by atoms with Gasteiger partial charge in [-0.2, -0.15) is 0 Å². The minimum Gasteiger partial charge on any atom is -0.481 e. The van der Waals surface area contributed by atoms with Crippen molar-refractivity contribution < 1.29 is 19.4 Å². The van der Waals surface area contributed by atoms with Gasteiger partial charge < -0.3 is 15.2 Å². The van der Waals surface area contributed by atoms with Crippen molar-refractivity contribution in [2.45, 2.75) is 70.8 Å². The number of aliphatic carboxylic acids is 1. The number of carbonyl (C=O) groups is 2. The van der Waals surface area contributed by atoms with Gasteiger partial charge in [-0.3, -0.25) is 9.59 Å². The molecule has 40 heavy (non-hydrogen) atoms. The standard InChI is InChI=1S/C33H36N2O4S/c1-33(2,3)23-11-14-24(15-12-23)39-25-13-10-22-18-29(34-27(26(22)19-25)17-21-7-4-5-8-21)32(38)35-28(20-31(36)37)30-9-6-16-40-30/h6,9-16,18-19,21,28H,4-5,7-8,17,20H2,1-3H3,(H,35,38)(H,36,37). The number of aromatic nitrogens is 1. The van der Waals surface area contributed by atoms with E-state index < -0.39 is 12.0 Å². The molecule has 2 aromatic heterocycles. The van der Waals surface area contributed by atoms with Crippen molar-refractivity contribution in [3.8, 4) is 11.5 Å². The molecule has 0 bridgehead atoms. The second kappa shape index (κ2) is 11.8. The number of benzene rings is 2. The molecule has 1 amide bonds. The van der Waals surface area contributed by atoms with E-state index in [-0.39, 0.29) is 17.7 Å². The molecule has 2 N–H and O–H groups in total. The number of fused-ring (bicyclic) bond motifs is 1. The Morgan fingerprint density at radius 3 is 2.42 bits per heavy atom. The fourth-order valence-electron chi connectivity index (χ4n) is 5.40. The first-order valence-electron chi connectivity index (χ1n) is 13.9. The molecule has 5 rings (SSSR count). The highest BCUT2D eigenvalue weighted by atomic mass is 32.1. The fraction of sp³-hybridized carbons (Fsp3) is 0.364. The molecule has 4 aromatic rings. The van der Waals surface area contributed by atoms with E-state index in [0.717, 1.165) is 52.1 Å². The molecule has 0 aliphatic heterocycles. The van der Waals surface area contributed by atoms with E-state index in [2.05, 4.69) is 38.2 Å². The van der Waals surface area contributed by atoms with Crippen LogP contribution >= 0.6 is 11.3 Å². The Hall–Kier alpha value is -3.71. The highest BCUT2D eigenvalue weighted by Crippen LogP contribution is 2.33. The number of carboxylic acid groups (broad SMARTS) is 1. The Kier molecular flexibility index (Phi) is 8.22. The van der Waals surface area contributed by atoms with Crippen LogP contribution in [0, 0.1) is 5.92 Å². The van der Waals surface area contributed by atoms with Crippen LogP contribution in [-0.4, -0.2) is 22.0 Å². The number of thiophene rings is 1. The lowest BCUT2D eigenvalue weighted by Crippen LogP contribution is -2.30. The van der Waals surface area contributed by atoms with Gasteiger partial charge >= 0.3 is 5.97 Å². The molecule has 2 aromatic carbocycles. The van der Waals surface area contributed by atoms with Crippen molar-refractivity contribution in [3.63, 3.8) is 0 Å². The maximum absolute atomic E-state index is 13.4. The predicted molar refractivity (Wildman–Crippen MR) is 159 cm³/mol. The summed E-state index contributed by atoms with van der Waals surface area (Å²) in [6.07, 6.45) is 5.37. The van der Waals surface area contributed by atoms with Gasteiger partial charge in [0.15, 0.2) is 0 Å². The van der Waals surface area contributed by atoms with Crippen LogP contribution in [0.3, 0.4) is 0 Å². The largest absolute Gasteiger partial charge is 0.481 e. The number of pyridine rings is 1. The Morgan fingerprint density at radius 2 is 1.77 bits per heavy atom. The lowest BCUT2D eigenvalue weighted by molar-refractivity contribution is -0.137. The number of rotatable bonds is 9. The monoisotopic (exact) mass is 556 g/mol. The quantitative estimate of drug-likeness (QED) is 0.218. The van der Waals surface area contributed by atoms with Gasteiger partial charge in [-0.05, 0) is 70.5 Å². The molecular formula is C33H36N2O4S. The average molecular weight is 557 g/mol. The molecular weight excluding hydrogens is 520 g/mol. The average Bonchev–Trinajstić information content (AvgIpc) is 3.63. The summed E-state index contributed by atoms with van der Waals surface area (Å²) in [7, 11) is 0. The van der Waals surface area contributed by atoms with E-state index in [4.69, 9.17) is 9.72 Å². The number of hydrogen-bond donors (Lipinski definition) is 2. The Morgan fingerprint density at radius 1 is 1.05 bits per heavy atom. The third kappa shape index (κ3) is 6.70. The molecule has 1 aliphatic rings. The number of ether oxygens (including phenoxy) is 1. The Bertz CT molecular complexity index is 1480. The summed E-state index contributed by atoms with van der Waals surface area (Å²) in [5, 5.41) is 16.1. The van der Waals surface area contributed by atoms with Crippen molar-refractivity contribution >= 4 is 34.0 Å². The van der Waals surface area contributed by atoms with Gasteiger partial charge in [-0.1, -0.05) is 70.7 Å². The molecule has 1 unspecified atom stereocenters. The van der Waals surface area contributed by atoms with Crippen molar-refractivity contribution in [2.75, 3.05) is 0 Å². The van der Waals surface area contributed by atoms with Crippen molar-refractivity contribution in [1.82, 2.24) is 10.3 Å². The number of nitrogens with zero attached hydrogens (tertiary/aromatic N) is 1. The number of nitrogens with one attached hydrogen (secondary N) is 1. The van der Waals surface area contributed by atoms with E-state index in [0.29, 0.717) is 11.6 Å². The summed E-state index contributed by atoms with van der Waals surface area (Å²) in [5.41, 5.74) is 2.51. The van der Waals surface area contributed by atoms with Gasteiger partial charge in [-0.15, -0.1) is 11.3 Å². The van der Waals surface area contributed by atoms with Crippen LogP contribution in [0.2, 0.25) is 0 Å². The van der Waals surface area contributed by atoms with Crippen LogP contribution in [0.25, 0.3) is 10.8 Å². The van der Waals surface area contributed by atoms with Gasteiger partial charge in [0.25, 0.3) is 5.91 Å². The van der Waals surface area contributed by atoms with Crippen LogP contribution in [-0.2, 0) is 16.6 Å². The maximum atomic E-state index is 13.4. The summed E-state index contributed by atoms with van der Waals surface area (Å²) < 4.78 is 6.23. The zero-order chi connectivity index (χ0) is 28.3. The van der Waals surface area contributed by atoms with Gasteiger partial charge in [0.1, 0.15) is 17.2 Å². The SMILES string of the molecule is CC(C)(C)c1ccc(Oc2ccc3cc(C(=O)NC(CC(=O)O)c4cccs4)nc(CC4CCCC4)c3c2)cc1. The van der Waals surface area contributed by atoms with Crippen LogP contribution in [0.4, 0.5) is 0 Å². The predicted octanol–water partition coefficient (Wildman–Crippen LogP) is 8.06. The topological polar surface area (TPSA) is 88.5 Å². The third-order valence-corrected chi connectivity index (χ3v) is 8.59. The summed E-state index contributed by atoms with van der Waals surface area (Å²) in [4.78, 5) is 30.5. The summed E-state index contributed by atoms with van der Waals surface area (Å²) in [5.74, 6) is 0.698. The number of amides is 1. The Labute approximate surface area is 239 Å². The molecule has 1 aliphatic carbocycles. The van der Waals surface area contributed by atoms with E-state index in [9.17, 15) is 14.7 Å². The van der Waals surface area contributed by atoms with Crippen LogP contribution < -0.4 is 10.1 Å². The molecule has 1 saturated carbocycles. The van der Waals surface area contributed by atoms with Crippen molar-refractivity contribution in [2.24, 2.45) is 5.92 Å². The smallest absolute Gasteiger partial charge is 0.305 e. The molecule has 2 heterocycles. The first-order chi connectivity index (χ1) is 19.2. The molecule has 1 atom stereocenters. The van der Waals surface area contributed by atoms with Crippen LogP contribution in [0.1, 0.15) is 85.5 Å². The second-order valence-electron chi connectivity index (χ2n) is 11.7. The normalized spacial score (nSPS) is 14.8. The van der Waals surface area contributed by atoms with Crippen LogP contribution in [0.15, 0.2) is 66.0 Å². The van der Waals surface area contributed by atoms with E-state index >= 15 is 0 Å². The summed E-state index contributed by atoms with van der Waals surface area (Å²) in [6, 6.07) is 19.0. The molecule has 0 spiro atoms. The minimum absolute atomic E-state index is 0.0731. The molecule has 6 nitrogen and oxygen atoms in total. The summed E-state index contributed by atoms with van der Waals surface area (Å²) in [6.45, 7) is 6.57. The summed E-state index contributed by atoms with van der Waals surface area (Å²) >= 11 is 1.43. The van der Waals surface area contributed by atoms with Gasteiger partial charge in [0, 0.05) is 16.0 Å².